The quantitative estimate of drug-likeness (QED) is 0.656. The van der Waals surface area contributed by atoms with Gasteiger partial charge in [-0.05, 0) is 54.6 Å². The first-order chi connectivity index (χ1) is 14.4. The summed E-state index contributed by atoms with van der Waals surface area (Å²) in [5, 5.41) is 18.2. The minimum atomic E-state index is -1.01. The van der Waals surface area contributed by atoms with E-state index in [0.29, 0.717) is 28.0 Å². The molecule has 0 radical (unpaired) electrons. The molecular formula is C25H16O5. The summed E-state index contributed by atoms with van der Waals surface area (Å²) in [6.45, 7) is 0. The summed E-state index contributed by atoms with van der Waals surface area (Å²) in [5.41, 5.74) is 2.80. The molecule has 0 aliphatic rings. The molecule has 3 aromatic rings. The molecule has 2 N–H and O–H groups in total. The molecule has 0 bridgehead atoms. The third kappa shape index (κ3) is 5.28. The molecule has 5 nitrogen and oxygen atoms in total. The van der Waals surface area contributed by atoms with Gasteiger partial charge in [0.1, 0.15) is 5.75 Å². The van der Waals surface area contributed by atoms with E-state index < -0.39 is 11.9 Å². The summed E-state index contributed by atoms with van der Waals surface area (Å²) < 4.78 is 5.31. The standard InChI is InChI=1S/C25H16O5/c1-30-23-15-19(10-8-17-4-2-6-21(13-17)24(26)27)12-20(16-23)11-9-18-5-3-7-22(14-18)25(28)29/h2-7,12-16H,1H3,(H,26,27)(H,28,29). The SMILES string of the molecule is COc1cc(C#Cc2cccc(C(=O)O)c2)cc(C#Cc2cccc(C(=O)O)c2)c1. The van der Waals surface area contributed by atoms with Crippen LogP contribution in [0.1, 0.15) is 43.0 Å². The minimum Gasteiger partial charge on any atom is -0.497 e. The highest BCUT2D eigenvalue weighted by molar-refractivity contribution is 5.88. The topological polar surface area (TPSA) is 83.8 Å². The second-order valence-electron chi connectivity index (χ2n) is 6.22. The number of carbonyl (C=O) groups is 2. The molecule has 0 fully saturated rings. The van der Waals surface area contributed by atoms with Gasteiger partial charge in [-0.2, -0.15) is 0 Å². The first kappa shape index (κ1) is 20.3. The van der Waals surface area contributed by atoms with Gasteiger partial charge in [0.05, 0.1) is 18.2 Å². The van der Waals surface area contributed by atoms with Gasteiger partial charge in [-0.25, -0.2) is 9.59 Å². The van der Waals surface area contributed by atoms with Crippen molar-refractivity contribution in [1.29, 1.82) is 0 Å². The highest BCUT2D eigenvalue weighted by atomic mass is 16.5. The molecule has 0 atom stereocenters. The molecular weight excluding hydrogens is 380 g/mol. The highest BCUT2D eigenvalue weighted by Gasteiger charge is 2.03. The van der Waals surface area contributed by atoms with Gasteiger partial charge in [0.15, 0.2) is 0 Å². The predicted octanol–water partition coefficient (Wildman–Crippen LogP) is 3.89. The van der Waals surface area contributed by atoms with Gasteiger partial charge in [0, 0.05) is 22.3 Å². The van der Waals surface area contributed by atoms with Gasteiger partial charge in [0.2, 0.25) is 0 Å². The fourth-order valence-corrected chi connectivity index (χ4v) is 2.61. The van der Waals surface area contributed by atoms with Crippen molar-refractivity contribution < 1.29 is 24.5 Å². The molecule has 0 amide bonds. The zero-order chi connectivity index (χ0) is 21.5. The zero-order valence-electron chi connectivity index (χ0n) is 16.0. The van der Waals surface area contributed by atoms with Crippen molar-refractivity contribution in [2.24, 2.45) is 0 Å². The zero-order valence-corrected chi connectivity index (χ0v) is 16.0. The van der Waals surface area contributed by atoms with Crippen LogP contribution in [0.2, 0.25) is 0 Å². The smallest absolute Gasteiger partial charge is 0.335 e. The molecule has 0 aromatic heterocycles. The van der Waals surface area contributed by atoms with Crippen LogP contribution in [-0.4, -0.2) is 29.3 Å². The van der Waals surface area contributed by atoms with Gasteiger partial charge in [-0.15, -0.1) is 0 Å². The van der Waals surface area contributed by atoms with E-state index >= 15 is 0 Å². The molecule has 30 heavy (non-hydrogen) atoms. The van der Waals surface area contributed by atoms with E-state index in [-0.39, 0.29) is 11.1 Å². The normalized spacial score (nSPS) is 9.50. The van der Waals surface area contributed by atoms with Gasteiger partial charge in [-0.1, -0.05) is 35.8 Å². The second kappa shape index (κ2) is 9.14. The third-order valence-electron chi connectivity index (χ3n) is 4.06. The van der Waals surface area contributed by atoms with E-state index in [0.717, 1.165) is 0 Å². The summed E-state index contributed by atoms with van der Waals surface area (Å²) in [6, 6.07) is 18.1. The number of aromatic carboxylic acids is 2. The molecule has 0 heterocycles. The molecule has 5 heteroatoms. The first-order valence-corrected chi connectivity index (χ1v) is 8.84. The van der Waals surface area contributed by atoms with Crippen LogP contribution in [0.5, 0.6) is 5.75 Å². The number of methoxy groups -OCH3 is 1. The lowest BCUT2D eigenvalue weighted by Crippen LogP contribution is -1.95. The predicted molar refractivity (Wildman–Crippen MR) is 112 cm³/mol. The highest BCUT2D eigenvalue weighted by Crippen LogP contribution is 2.16. The molecule has 0 spiro atoms. The van der Waals surface area contributed by atoms with Gasteiger partial charge < -0.3 is 14.9 Å². The van der Waals surface area contributed by atoms with Crippen LogP contribution >= 0.6 is 0 Å². The molecule has 3 aromatic carbocycles. The van der Waals surface area contributed by atoms with E-state index in [2.05, 4.69) is 23.7 Å². The number of benzene rings is 3. The lowest BCUT2D eigenvalue weighted by molar-refractivity contribution is 0.0686. The number of hydrogen-bond acceptors (Lipinski definition) is 3. The third-order valence-corrected chi connectivity index (χ3v) is 4.06. The lowest BCUT2D eigenvalue weighted by atomic mass is 10.1. The van der Waals surface area contributed by atoms with Crippen molar-refractivity contribution in [2.75, 3.05) is 7.11 Å². The van der Waals surface area contributed by atoms with Crippen LogP contribution in [0.3, 0.4) is 0 Å². The van der Waals surface area contributed by atoms with Crippen LogP contribution in [-0.2, 0) is 0 Å². The van der Waals surface area contributed by atoms with E-state index in [1.165, 1.54) is 31.4 Å². The summed E-state index contributed by atoms with van der Waals surface area (Å²) in [5.74, 6) is 10.4. The Morgan fingerprint density at radius 2 is 1.10 bits per heavy atom. The minimum absolute atomic E-state index is 0.169. The number of carboxylic acid groups (broad SMARTS) is 2. The van der Waals surface area contributed by atoms with Crippen LogP contribution in [0.15, 0.2) is 66.7 Å². The fraction of sp³-hybridized carbons (Fsp3) is 0.0400. The van der Waals surface area contributed by atoms with Crippen molar-refractivity contribution in [1.82, 2.24) is 0 Å². The maximum absolute atomic E-state index is 11.1. The Labute approximate surface area is 173 Å². The van der Waals surface area contributed by atoms with Crippen LogP contribution in [0.4, 0.5) is 0 Å². The van der Waals surface area contributed by atoms with E-state index in [1.54, 1.807) is 42.5 Å². The molecule has 0 aliphatic carbocycles. The number of rotatable bonds is 3. The molecule has 0 saturated carbocycles. The van der Waals surface area contributed by atoms with Crippen molar-refractivity contribution in [3.63, 3.8) is 0 Å². The molecule has 3 rings (SSSR count). The van der Waals surface area contributed by atoms with Gasteiger partial charge >= 0.3 is 11.9 Å². The Kier molecular flexibility index (Phi) is 6.17. The van der Waals surface area contributed by atoms with Gasteiger partial charge in [0.25, 0.3) is 0 Å². The molecule has 0 unspecified atom stereocenters. The Balaban J connectivity index is 1.93. The van der Waals surface area contributed by atoms with E-state index in [1.807, 2.05) is 0 Å². The van der Waals surface area contributed by atoms with Crippen molar-refractivity contribution in [2.45, 2.75) is 0 Å². The van der Waals surface area contributed by atoms with Gasteiger partial charge in [-0.3, -0.25) is 0 Å². The van der Waals surface area contributed by atoms with Crippen molar-refractivity contribution >= 4 is 11.9 Å². The van der Waals surface area contributed by atoms with Crippen molar-refractivity contribution in [3.8, 4) is 29.4 Å². The number of carboxylic acids is 2. The Morgan fingerprint density at radius 1 is 0.667 bits per heavy atom. The van der Waals surface area contributed by atoms with Crippen LogP contribution in [0.25, 0.3) is 0 Å². The molecule has 0 saturated heterocycles. The average Bonchev–Trinajstić information content (AvgIpc) is 2.76. The van der Waals surface area contributed by atoms with Crippen molar-refractivity contribution in [3.05, 3.63) is 100 Å². The summed E-state index contributed by atoms with van der Waals surface area (Å²) in [4.78, 5) is 22.2. The second-order valence-corrected chi connectivity index (χ2v) is 6.22. The largest absolute Gasteiger partial charge is 0.497 e. The number of ether oxygens (including phenoxy) is 1. The fourth-order valence-electron chi connectivity index (χ4n) is 2.61. The van der Waals surface area contributed by atoms with Crippen LogP contribution in [0, 0.1) is 23.7 Å². The van der Waals surface area contributed by atoms with E-state index in [4.69, 9.17) is 14.9 Å². The average molecular weight is 396 g/mol. The number of hydrogen-bond donors (Lipinski definition) is 2. The maximum Gasteiger partial charge on any atom is 0.335 e. The summed E-state index contributed by atoms with van der Waals surface area (Å²) >= 11 is 0. The molecule has 146 valence electrons. The summed E-state index contributed by atoms with van der Waals surface area (Å²) in [6.07, 6.45) is 0. The van der Waals surface area contributed by atoms with E-state index in [9.17, 15) is 9.59 Å². The summed E-state index contributed by atoms with van der Waals surface area (Å²) in [7, 11) is 1.54. The Morgan fingerprint density at radius 3 is 1.50 bits per heavy atom. The Bertz CT molecular complexity index is 1160. The monoisotopic (exact) mass is 396 g/mol. The Hall–Kier alpha value is -4.48. The maximum atomic E-state index is 11.1. The molecule has 0 aliphatic heterocycles. The lowest BCUT2D eigenvalue weighted by Gasteiger charge is -2.02. The van der Waals surface area contributed by atoms with Crippen LogP contribution < -0.4 is 4.74 Å². The first-order valence-electron chi connectivity index (χ1n) is 8.84.